The monoisotopic (exact) mass is 299 g/mol. The molecular formula is C16H21N5O. The van der Waals surface area contributed by atoms with Crippen LogP contribution in [0.3, 0.4) is 0 Å². The smallest absolute Gasteiger partial charge is 0.252 e. The zero-order chi connectivity index (χ0) is 15.9. The van der Waals surface area contributed by atoms with Gasteiger partial charge in [-0.1, -0.05) is 25.5 Å². The molecule has 0 radical (unpaired) electrons. The number of rotatable bonds is 5. The van der Waals surface area contributed by atoms with Gasteiger partial charge < -0.3 is 11.1 Å². The summed E-state index contributed by atoms with van der Waals surface area (Å²) < 4.78 is 0. The number of H-pyrrole nitrogens is 1. The lowest BCUT2D eigenvalue weighted by atomic mass is 10.1. The van der Waals surface area contributed by atoms with Crippen molar-refractivity contribution in [2.75, 3.05) is 5.32 Å². The molecule has 116 valence electrons. The zero-order valence-electron chi connectivity index (χ0n) is 12.9. The van der Waals surface area contributed by atoms with E-state index >= 15 is 0 Å². The van der Waals surface area contributed by atoms with Crippen molar-refractivity contribution >= 4 is 17.6 Å². The van der Waals surface area contributed by atoms with E-state index in [1.807, 2.05) is 12.1 Å². The van der Waals surface area contributed by atoms with E-state index in [2.05, 4.69) is 39.3 Å². The summed E-state index contributed by atoms with van der Waals surface area (Å²) in [5.74, 6) is 0.365. The van der Waals surface area contributed by atoms with Gasteiger partial charge in [0.15, 0.2) is 0 Å². The number of hydrogen-bond acceptors (Lipinski definition) is 3. The van der Waals surface area contributed by atoms with Gasteiger partial charge in [-0.2, -0.15) is 4.99 Å². The van der Waals surface area contributed by atoms with Crippen molar-refractivity contribution in [3.8, 4) is 0 Å². The van der Waals surface area contributed by atoms with Crippen LogP contribution in [0.15, 0.2) is 40.1 Å². The van der Waals surface area contributed by atoms with E-state index in [1.165, 1.54) is 24.5 Å². The third kappa shape index (κ3) is 4.73. The van der Waals surface area contributed by atoms with Crippen LogP contribution in [0.5, 0.6) is 0 Å². The molecule has 0 atom stereocenters. The van der Waals surface area contributed by atoms with Gasteiger partial charge in [-0.05, 0) is 37.5 Å². The molecule has 22 heavy (non-hydrogen) atoms. The molecule has 6 nitrogen and oxygen atoms in total. The third-order valence-corrected chi connectivity index (χ3v) is 3.13. The number of hydrogen-bond donors (Lipinski definition) is 3. The maximum atomic E-state index is 11.3. The highest BCUT2D eigenvalue weighted by atomic mass is 16.1. The van der Waals surface area contributed by atoms with Gasteiger partial charge >= 0.3 is 0 Å². The Morgan fingerprint density at radius 2 is 2.09 bits per heavy atom. The van der Waals surface area contributed by atoms with Crippen molar-refractivity contribution in [2.45, 2.75) is 33.1 Å². The average molecular weight is 299 g/mol. The maximum Gasteiger partial charge on any atom is 0.252 e. The minimum atomic E-state index is -0.251. The number of benzene rings is 1. The van der Waals surface area contributed by atoms with Crippen molar-refractivity contribution in [2.24, 2.45) is 10.7 Å². The molecule has 2 rings (SSSR count). The second kappa shape index (κ2) is 7.40. The summed E-state index contributed by atoms with van der Waals surface area (Å²) in [4.78, 5) is 22.0. The van der Waals surface area contributed by atoms with E-state index in [1.54, 1.807) is 6.92 Å². The zero-order valence-corrected chi connectivity index (χ0v) is 12.9. The number of aromatic nitrogens is 2. The molecular weight excluding hydrogens is 278 g/mol. The number of nitrogens with two attached hydrogens (primary N) is 1. The van der Waals surface area contributed by atoms with Crippen LogP contribution in [0.4, 0.5) is 11.6 Å². The van der Waals surface area contributed by atoms with E-state index < -0.39 is 0 Å². The summed E-state index contributed by atoms with van der Waals surface area (Å²) in [5, 5.41) is 2.98. The van der Waals surface area contributed by atoms with E-state index in [9.17, 15) is 4.79 Å². The number of unbranched alkanes of at least 4 members (excludes halogenated alkanes) is 1. The molecule has 0 aliphatic rings. The highest BCUT2D eigenvalue weighted by Crippen LogP contribution is 2.12. The molecule has 2 aromatic rings. The van der Waals surface area contributed by atoms with Crippen LogP contribution in [-0.2, 0) is 6.42 Å². The van der Waals surface area contributed by atoms with E-state index in [0.29, 0.717) is 5.69 Å². The number of nitrogens with one attached hydrogen (secondary N) is 2. The Kier molecular flexibility index (Phi) is 5.30. The molecule has 4 N–H and O–H groups in total. The van der Waals surface area contributed by atoms with Crippen LogP contribution in [0.25, 0.3) is 0 Å². The Morgan fingerprint density at radius 1 is 1.36 bits per heavy atom. The SMILES string of the molecule is CCCCc1ccc(NC(N)=Nc2nc(C)cc(=O)[nH]2)cc1. The van der Waals surface area contributed by atoms with E-state index in [4.69, 9.17) is 5.73 Å². The first-order chi connectivity index (χ1) is 10.6. The van der Waals surface area contributed by atoms with Gasteiger partial charge in [-0.25, -0.2) is 4.98 Å². The Balaban J connectivity index is 2.05. The fourth-order valence-corrected chi connectivity index (χ4v) is 2.04. The predicted molar refractivity (Wildman–Crippen MR) is 89.6 cm³/mol. The Hall–Kier alpha value is -2.63. The number of nitrogens with zero attached hydrogens (tertiary/aromatic N) is 2. The fourth-order valence-electron chi connectivity index (χ4n) is 2.04. The highest BCUT2D eigenvalue weighted by molar-refractivity contribution is 5.93. The second-order valence-electron chi connectivity index (χ2n) is 5.13. The Morgan fingerprint density at radius 3 is 2.73 bits per heavy atom. The predicted octanol–water partition coefficient (Wildman–Crippen LogP) is 2.48. The van der Waals surface area contributed by atoms with Crippen molar-refractivity contribution in [1.29, 1.82) is 0 Å². The Bertz CT molecular complexity index is 703. The first kappa shape index (κ1) is 15.8. The van der Waals surface area contributed by atoms with Gasteiger partial charge in [0.1, 0.15) is 0 Å². The van der Waals surface area contributed by atoms with Crippen LogP contribution in [0.1, 0.15) is 31.0 Å². The first-order valence-electron chi connectivity index (χ1n) is 7.35. The topological polar surface area (TPSA) is 96.2 Å². The summed E-state index contributed by atoms with van der Waals surface area (Å²) in [7, 11) is 0. The van der Waals surface area contributed by atoms with Crippen LogP contribution in [0.2, 0.25) is 0 Å². The highest BCUT2D eigenvalue weighted by Gasteiger charge is 2.00. The van der Waals surface area contributed by atoms with E-state index in [-0.39, 0.29) is 17.5 Å². The van der Waals surface area contributed by atoms with Crippen LogP contribution in [-0.4, -0.2) is 15.9 Å². The molecule has 0 saturated heterocycles. The molecule has 0 fully saturated rings. The molecule has 1 heterocycles. The largest absolute Gasteiger partial charge is 0.369 e. The maximum absolute atomic E-state index is 11.3. The van der Waals surface area contributed by atoms with Crippen molar-refractivity contribution in [3.63, 3.8) is 0 Å². The summed E-state index contributed by atoms with van der Waals surface area (Å²) >= 11 is 0. The number of anilines is 1. The van der Waals surface area contributed by atoms with Crippen molar-refractivity contribution < 1.29 is 0 Å². The summed E-state index contributed by atoms with van der Waals surface area (Å²) in [6.07, 6.45) is 3.44. The second-order valence-corrected chi connectivity index (χ2v) is 5.13. The third-order valence-electron chi connectivity index (χ3n) is 3.13. The summed E-state index contributed by atoms with van der Waals surface area (Å²) in [6.45, 7) is 3.91. The summed E-state index contributed by atoms with van der Waals surface area (Å²) in [5.41, 5.74) is 8.32. The van der Waals surface area contributed by atoms with Crippen LogP contribution >= 0.6 is 0 Å². The van der Waals surface area contributed by atoms with E-state index in [0.717, 1.165) is 12.1 Å². The molecule has 0 spiro atoms. The van der Waals surface area contributed by atoms with Gasteiger partial charge in [-0.3, -0.25) is 9.78 Å². The van der Waals surface area contributed by atoms with Crippen LogP contribution in [0, 0.1) is 6.92 Å². The number of aromatic amines is 1. The molecule has 0 amide bonds. The normalized spacial score (nSPS) is 11.5. The van der Waals surface area contributed by atoms with Crippen molar-refractivity contribution in [3.05, 3.63) is 51.9 Å². The molecule has 1 aromatic heterocycles. The van der Waals surface area contributed by atoms with Gasteiger partial charge in [0.05, 0.1) is 0 Å². The number of aliphatic imine (C=N–C) groups is 1. The van der Waals surface area contributed by atoms with Crippen LogP contribution < -0.4 is 16.6 Å². The number of aryl methyl sites for hydroxylation is 2. The van der Waals surface area contributed by atoms with Gasteiger partial charge in [0.2, 0.25) is 11.9 Å². The fraction of sp³-hybridized carbons (Fsp3) is 0.312. The molecule has 0 aliphatic heterocycles. The molecule has 6 heteroatoms. The lowest BCUT2D eigenvalue weighted by Gasteiger charge is -2.06. The molecule has 1 aromatic carbocycles. The summed E-state index contributed by atoms with van der Waals surface area (Å²) in [6, 6.07) is 9.45. The van der Waals surface area contributed by atoms with Crippen molar-refractivity contribution in [1.82, 2.24) is 9.97 Å². The van der Waals surface area contributed by atoms with Gasteiger partial charge in [-0.15, -0.1) is 0 Å². The average Bonchev–Trinajstić information content (AvgIpc) is 2.45. The molecule has 0 unspecified atom stereocenters. The lowest BCUT2D eigenvalue weighted by molar-refractivity contribution is 0.795. The molecule has 0 aliphatic carbocycles. The molecule has 0 saturated carbocycles. The lowest BCUT2D eigenvalue weighted by Crippen LogP contribution is -2.22. The quantitative estimate of drug-likeness (QED) is 0.583. The minimum absolute atomic E-state index is 0.176. The van der Waals surface area contributed by atoms with Gasteiger partial charge in [0, 0.05) is 17.4 Å². The molecule has 0 bridgehead atoms. The number of guanidine groups is 1. The standard InChI is InChI=1S/C16H21N5O/c1-3-4-5-12-6-8-13(9-7-12)19-15(17)21-16-18-11(2)10-14(22)20-16/h6-10H,3-5H2,1-2H3,(H4,17,18,19,20,21,22). The minimum Gasteiger partial charge on any atom is -0.369 e. The first-order valence-corrected chi connectivity index (χ1v) is 7.35. The van der Waals surface area contributed by atoms with Gasteiger partial charge in [0.25, 0.3) is 5.56 Å². The Labute approximate surface area is 129 Å².